The van der Waals surface area contributed by atoms with E-state index in [0.29, 0.717) is 56.8 Å². The third-order valence-corrected chi connectivity index (χ3v) is 7.75. The van der Waals surface area contributed by atoms with E-state index in [-0.39, 0.29) is 17.3 Å². The van der Waals surface area contributed by atoms with Crippen LogP contribution in [-0.4, -0.2) is 88.9 Å². The number of carbonyl (C=O) groups is 1. The number of ether oxygens (including phenoxy) is 1. The quantitative estimate of drug-likeness (QED) is 0.377. The molecule has 3 aromatic heterocycles. The van der Waals surface area contributed by atoms with Gasteiger partial charge in [-0.15, -0.1) is 11.3 Å². The van der Waals surface area contributed by atoms with Crippen molar-refractivity contribution in [3.05, 3.63) is 64.3 Å². The van der Waals surface area contributed by atoms with E-state index < -0.39 is 0 Å². The van der Waals surface area contributed by atoms with Gasteiger partial charge >= 0.3 is 5.69 Å². The summed E-state index contributed by atoms with van der Waals surface area (Å²) in [5.41, 5.74) is 3.13. The van der Waals surface area contributed by atoms with Gasteiger partial charge in [-0.3, -0.25) is 19.2 Å². The van der Waals surface area contributed by atoms with E-state index in [4.69, 9.17) is 4.74 Å². The van der Waals surface area contributed by atoms with Crippen molar-refractivity contribution in [1.82, 2.24) is 24.0 Å². The monoisotopic (exact) mass is 547 g/mol. The van der Waals surface area contributed by atoms with Crippen LogP contribution in [-0.2, 0) is 11.3 Å². The third-order valence-electron chi connectivity index (χ3n) is 6.92. The lowest BCUT2D eigenvalue weighted by molar-refractivity contribution is 0.0364. The summed E-state index contributed by atoms with van der Waals surface area (Å²) < 4.78 is 8.82. The van der Waals surface area contributed by atoms with Crippen LogP contribution in [0.25, 0.3) is 16.2 Å². The Hall–Kier alpha value is -3.94. The number of aromatic nitrogens is 4. The standard InChI is InChI=1S/C26H29N9O3S/c36-24(30-19-17-27-6-5-21(19)33-9-7-28-29-8-10-33)20-18-39-25(31-20)35-23-4-2-1-3-22(23)34(26(35)37)12-11-32-13-15-38-16-14-32/h1-6,17-18H,7-16H2,(H,30,36). The molecule has 2 aliphatic heterocycles. The highest BCUT2D eigenvalue weighted by molar-refractivity contribution is 7.12. The molecule has 1 amide bonds. The molecule has 2 aliphatic rings. The molecular formula is C26H29N9O3S. The third kappa shape index (κ3) is 5.33. The number of hydrogen-bond acceptors (Lipinski definition) is 10. The van der Waals surface area contributed by atoms with Crippen LogP contribution in [0.3, 0.4) is 0 Å². The van der Waals surface area contributed by atoms with Crippen molar-refractivity contribution >= 4 is 39.7 Å². The van der Waals surface area contributed by atoms with E-state index in [1.165, 1.54) is 11.3 Å². The molecule has 4 aromatic rings. The molecule has 0 spiro atoms. The van der Waals surface area contributed by atoms with Crippen molar-refractivity contribution in [2.24, 2.45) is 10.2 Å². The van der Waals surface area contributed by atoms with Crippen molar-refractivity contribution in [3.8, 4) is 5.13 Å². The summed E-state index contributed by atoms with van der Waals surface area (Å²) in [5, 5.41) is 13.3. The number of carbonyl (C=O) groups excluding carboxylic acids is 1. The van der Waals surface area contributed by atoms with Gasteiger partial charge in [-0.25, -0.2) is 14.3 Å². The zero-order valence-electron chi connectivity index (χ0n) is 21.4. The first-order valence-corrected chi connectivity index (χ1v) is 13.9. The average molecular weight is 548 g/mol. The van der Waals surface area contributed by atoms with Crippen LogP contribution in [0.15, 0.2) is 63.1 Å². The lowest BCUT2D eigenvalue weighted by Crippen LogP contribution is -2.39. The van der Waals surface area contributed by atoms with Crippen LogP contribution in [0.1, 0.15) is 10.5 Å². The number of rotatable bonds is 7. The highest BCUT2D eigenvalue weighted by atomic mass is 32.1. The van der Waals surface area contributed by atoms with Gasteiger partial charge in [-0.05, 0) is 18.2 Å². The number of azo groups is 1. The molecule has 0 saturated carbocycles. The highest BCUT2D eigenvalue weighted by Gasteiger charge is 2.21. The number of thiazole rings is 1. The van der Waals surface area contributed by atoms with Crippen LogP contribution in [0.4, 0.5) is 11.4 Å². The molecule has 0 radical (unpaired) electrons. The minimum absolute atomic E-state index is 0.169. The van der Waals surface area contributed by atoms with E-state index in [9.17, 15) is 9.59 Å². The SMILES string of the molecule is O=C(Nc1cnccc1N1CCN=NCC1)c1csc(-n2c(=O)n(CCN3CCOCC3)c3ccccc32)n1. The van der Waals surface area contributed by atoms with Crippen molar-refractivity contribution in [3.63, 3.8) is 0 Å². The maximum Gasteiger partial charge on any atom is 0.335 e. The lowest BCUT2D eigenvalue weighted by Gasteiger charge is -2.26. The zero-order valence-corrected chi connectivity index (χ0v) is 22.2. The number of pyridine rings is 1. The van der Waals surface area contributed by atoms with E-state index >= 15 is 0 Å². The minimum atomic E-state index is -0.361. The van der Waals surface area contributed by atoms with Gasteiger partial charge in [0.1, 0.15) is 5.69 Å². The number of para-hydroxylation sites is 2. The molecule has 1 N–H and O–H groups in total. The van der Waals surface area contributed by atoms with Gasteiger partial charge in [0.05, 0.1) is 54.9 Å². The fourth-order valence-corrected chi connectivity index (χ4v) is 5.73. The molecule has 202 valence electrons. The Morgan fingerprint density at radius 3 is 2.56 bits per heavy atom. The number of fused-ring (bicyclic) bond motifs is 1. The van der Waals surface area contributed by atoms with Crippen molar-refractivity contribution < 1.29 is 9.53 Å². The maximum atomic E-state index is 13.6. The number of amides is 1. The number of nitrogens with one attached hydrogen (secondary N) is 1. The zero-order chi connectivity index (χ0) is 26.6. The van der Waals surface area contributed by atoms with Crippen molar-refractivity contribution in [2.45, 2.75) is 6.54 Å². The summed E-state index contributed by atoms with van der Waals surface area (Å²) in [6, 6.07) is 9.56. The number of imidazole rings is 1. The summed E-state index contributed by atoms with van der Waals surface area (Å²) in [6.07, 6.45) is 3.33. The van der Waals surface area contributed by atoms with Crippen LogP contribution in [0.5, 0.6) is 0 Å². The highest BCUT2D eigenvalue weighted by Crippen LogP contribution is 2.26. The van der Waals surface area contributed by atoms with Gasteiger partial charge in [-0.2, -0.15) is 10.2 Å². The van der Waals surface area contributed by atoms with Gasteiger partial charge < -0.3 is 15.0 Å². The molecule has 39 heavy (non-hydrogen) atoms. The van der Waals surface area contributed by atoms with E-state index in [0.717, 1.165) is 36.4 Å². The average Bonchev–Trinajstić information content (AvgIpc) is 3.44. The fourth-order valence-electron chi connectivity index (χ4n) is 4.92. The van der Waals surface area contributed by atoms with Crippen LogP contribution < -0.4 is 15.9 Å². The molecule has 0 atom stereocenters. The smallest absolute Gasteiger partial charge is 0.335 e. The topological polar surface area (TPSA) is 122 Å². The first-order valence-electron chi connectivity index (χ1n) is 13.0. The number of nitrogens with zero attached hydrogens (tertiary/aromatic N) is 8. The van der Waals surface area contributed by atoms with E-state index in [1.54, 1.807) is 26.9 Å². The Labute approximate surface area is 228 Å². The summed E-state index contributed by atoms with van der Waals surface area (Å²) in [6.45, 7) is 7.07. The van der Waals surface area contributed by atoms with Crippen LogP contribution in [0, 0.1) is 0 Å². The van der Waals surface area contributed by atoms with Gasteiger partial charge in [0.15, 0.2) is 5.13 Å². The number of anilines is 2. The Kier molecular flexibility index (Phi) is 7.43. The molecule has 6 rings (SSSR count). The predicted molar refractivity (Wildman–Crippen MR) is 149 cm³/mol. The van der Waals surface area contributed by atoms with Crippen molar-refractivity contribution in [1.29, 1.82) is 0 Å². The Balaban J connectivity index is 1.24. The van der Waals surface area contributed by atoms with Gasteiger partial charge in [0.25, 0.3) is 5.91 Å². The summed E-state index contributed by atoms with van der Waals surface area (Å²) in [7, 11) is 0. The van der Waals surface area contributed by atoms with Crippen LogP contribution >= 0.6 is 11.3 Å². The minimum Gasteiger partial charge on any atom is -0.379 e. The molecule has 5 heterocycles. The Morgan fingerprint density at radius 1 is 1.00 bits per heavy atom. The second-order valence-electron chi connectivity index (χ2n) is 9.29. The first kappa shape index (κ1) is 25.3. The van der Waals surface area contributed by atoms with Gasteiger partial charge in [0, 0.05) is 50.8 Å². The number of morpholine rings is 1. The molecule has 0 bridgehead atoms. The summed E-state index contributed by atoms with van der Waals surface area (Å²) >= 11 is 1.26. The van der Waals surface area contributed by atoms with Crippen LogP contribution in [0.2, 0.25) is 0 Å². The molecule has 1 aromatic carbocycles. The molecule has 1 fully saturated rings. The Morgan fingerprint density at radius 2 is 1.77 bits per heavy atom. The summed E-state index contributed by atoms with van der Waals surface area (Å²) in [4.78, 5) is 40.0. The van der Waals surface area contributed by atoms with Gasteiger partial charge in [0.2, 0.25) is 0 Å². The Bertz CT molecular complexity index is 1540. The number of benzene rings is 1. The first-order chi connectivity index (χ1) is 19.2. The second-order valence-corrected chi connectivity index (χ2v) is 10.1. The van der Waals surface area contributed by atoms with Crippen molar-refractivity contribution in [2.75, 3.05) is 69.2 Å². The second kappa shape index (κ2) is 11.4. The molecule has 0 unspecified atom stereocenters. The summed E-state index contributed by atoms with van der Waals surface area (Å²) in [5.74, 6) is -0.361. The maximum absolute atomic E-state index is 13.6. The van der Waals surface area contributed by atoms with E-state index in [1.807, 2.05) is 30.3 Å². The lowest BCUT2D eigenvalue weighted by atomic mass is 10.2. The fraction of sp³-hybridized carbons (Fsp3) is 0.385. The largest absolute Gasteiger partial charge is 0.379 e. The molecular weight excluding hydrogens is 518 g/mol. The van der Waals surface area contributed by atoms with E-state index in [2.05, 4.69) is 35.3 Å². The molecule has 12 nitrogen and oxygen atoms in total. The number of hydrogen-bond donors (Lipinski definition) is 1. The molecule has 1 saturated heterocycles. The molecule has 13 heteroatoms. The normalized spacial score (nSPS) is 16.5. The molecule has 0 aliphatic carbocycles. The predicted octanol–water partition coefficient (Wildman–Crippen LogP) is 2.50. The van der Waals surface area contributed by atoms with Gasteiger partial charge in [-0.1, -0.05) is 12.1 Å².